The van der Waals surface area contributed by atoms with Gasteiger partial charge in [0.05, 0.1) is 11.9 Å². The maximum Gasteiger partial charge on any atom is 0.323 e. The molecule has 0 unspecified atom stereocenters. The molecule has 0 radical (unpaired) electrons. The third-order valence-electron chi connectivity index (χ3n) is 5.97. The topological polar surface area (TPSA) is 77.6 Å². The molecule has 2 heterocycles. The molecule has 0 bridgehead atoms. The highest BCUT2D eigenvalue weighted by molar-refractivity contribution is 6.30. The molecule has 34 heavy (non-hydrogen) atoms. The first kappa shape index (κ1) is 23.6. The van der Waals surface area contributed by atoms with Crippen molar-refractivity contribution in [1.82, 2.24) is 9.88 Å². The normalized spacial score (nSPS) is 13.9. The quantitative estimate of drug-likeness (QED) is 0.531. The number of carbonyl (C=O) groups is 2. The van der Waals surface area contributed by atoms with Gasteiger partial charge < -0.3 is 20.4 Å². The second-order valence-corrected chi connectivity index (χ2v) is 8.86. The van der Waals surface area contributed by atoms with E-state index in [4.69, 9.17) is 11.6 Å². The number of anilines is 3. The van der Waals surface area contributed by atoms with Crippen LogP contribution in [0.15, 0.2) is 60.8 Å². The third-order valence-corrected chi connectivity index (χ3v) is 6.22. The first-order valence-electron chi connectivity index (χ1n) is 11.3. The number of benzene rings is 2. The Balaban J connectivity index is 1.32. The molecule has 1 aliphatic rings. The van der Waals surface area contributed by atoms with E-state index in [9.17, 15) is 9.59 Å². The summed E-state index contributed by atoms with van der Waals surface area (Å²) in [4.78, 5) is 33.7. The molecule has 3 amide bonds. The molecule has 0 aliphatic carbocycles. The van der Waals surface area contributed by atoms with Crippen molar-refractivity contribution >= 4 is 40.7 Å². The molecule has 8 heteroatoms. The number of hydrogen-bond acceptors (Lipinski definition) is 4. The molecule has 7 nitrogen and oxygen atoms in total. The Labute approximate surface area is 204 Å². The zero-order valence-corrected chi connectivity index (χ0v) is 20.1. The van der Waals surface area contributed by atoms with Crippen LogP contribution in [-0.2, 0) is 0 Å². The number of nitrogens with zero attached hydrogens (tertiary/aromatic N) is 3. The zero-order chi connectivity index (χ0) is 24.1. The van der Waals surface area contributed by atoms with Gasteiger partial charge in [0.15, 0.2) is 0 Å². The molecule has 1 aromatic heterocycles. The Kier molecular flexibility index (Phi) is 7.33. The minimum Gasteiger partial charge on any atom is -0.355 e. The fourth-order valence-corrected chi connectivity index (χ4v) is 4.01. The summed E-state index contributed by atoms with van der Waals surface area (Å²) < 4.78 is 0. The van der Waals surface area contributed by atoms with E-state index in [1.165, 1.54) is 5.56 Å². The molecule has 176 valence electrons. The number of urea groups is 1. The van der Waals surface area contributed by atoms with Gasteiger partial charge in [0, 0.05) is 42.5 Å². The Morgan fingerprint density at radius 2 is 1.59 bits per heavy atom. The van der Waals surface area contributed by atoms with E-state index in [0.717, 1.165) is 30.0 Å². The van der Waals surface area contributed by atoms with Gasteiger partial charge in [-0.15, -0.1) is 0 Å². The van der Waals surface area contributed by atoms with Crippen LogP contribution in [0.3, 0.4) is 0 Å². The molecule has 1 aliphatic heterocycles. The van der Waals surface area contributed by atoms with Crippen molar-refractivity contribution in [2.75, 3.05) is 41.7 Å². The summed E-state index contributed by atoms with van der Waals surface area (Å²) in [7, 11) is 0. The third kappa shape index (κ3) is 5.85. The van der Waals surface area contributed by atoms with E-state index >= 15 is 0 Å². The molecule has 0 atom stereocenters. The average Bonchev–Trinajstić information content (AvgIpc) is 3.08. The SMILES string of the molecule is Cc1ccc(NC(=O)Nc2ccc(N3CCCN(C(=O)c4ccc(Cl)cc4)CC3)nc2)cc1C. The Hall–Kier alpha value is -3.58. The number of pyridine rings is 1. The van der Waals surface area contributed by atoms with Crippen molar-refractivity contribution in [1.29, 1.82) is 0 Å². The van der Waals surface area contributed by atoms with Crippen LogP contribution < -0.4 is 15.5 Å². The minimum atomic E-state index is -0.316. The van der Waals surface area contributed by atoms with Gasteiger partial charge >= 0.3 is 6.03 Å². The van der Waals surface area contributed by atoms with Crippen molar-refractivity contribution in [2.45, 2.75) is 20.3 Å². The minimum absolute atomic E-state index is 0.0146. The van der Waals surface area contributed by atoms with Gasteiger partial charge in [0.25, 0.3) is 5.91 Å². The maximum atomic E-state index is 12.8. The Morgan fingerprint density at radius 1 is 0.853 bits per heavy atom. The largest absolute Gasteiger partial charge is 0.355 e. The lowest BCUT2D eigenvalue weighted by Crippen LogP contribution is -2.35. The van der Waals surface area contributed by atoms with E-state index in [-0.39, 0.29) is 11.9 Å². The number of nitrogens with one attached hydrogen (secondary N) is 2. The van der Waals surface area contributed by atoms with E-state index < -0.39 is 0 Å². The van der Waals surface area contributed by atoms with E-state index in [1.807, 2.05) is 49.1 Å². The number of aryl methyl sites for hydroxylation is 2. The molecule has 2 N–H and O–H groups in total. The van der Waals surface area contributed by atoms with Crippen molar-refractivity contribution < 1.29 is 9.59 Å². The van der Waals surface area contributed by atoms with Crippen LogP contribution in [0.25, 0.3) is 0 Å². The van der Waals surface area contributed by atoms with Gasteiger partial charge in [0.1, 0.15) is 5.82 Å². The number of aromatic nitrogens is 1. The first-order chi connectivity index (χ1) is 16.4. The van der Waals surface area contributed by atoms with Crippen LogP contribution in [-0.4, -0.2) is 48.0 Å². The lowest BCUT2D eigenvalue weighted by molar-refractivity contribution is 0.0767. The van der Waals surface area contributed by atoms with Crippen LogP contribution in [0.4, 0.5) is 22.0 Å². The summed E-state index contributed by atoms with van der Waals surface area (Å²) in [6.07, 6.45) is 2.50. The van der Waals surface area contributed by atoms with E-state index in [0.29, 0.717) is 35.9 Å². The predicted molar refractivity (Wildman–Crippen MR) is 137 cm³/mol. The summed E-state index contributed by atoms with van der Waals surface area (Å²) in [6.45, 7) is 6.84. The number of amides is 3. The van der Waals surface area contributed by atoms with Crippen LogP contribution >= 0.6 is 11.6 Å². The fraction of sp³-hybridized carbons (Fsp3) is 0.269. The summed E-state index contributed by atoms with van der Waals surface area (Å²) in [5.74, 6) is 0.835. The van der Waals surface area contributed by atoms with Gasteiger partial charge in [-0.2, -0.15) is 0 Å². The maximum absolute atomic E-state index is 12.8. The van der Waals surface area contributed by atoms with Gasteiger partial charge in [-0.3, -0.25) is 4.79 Å². The Morgan fingerprint density at radius 3 is 2.29 bits per heavy atom. The molecular weight excluding hydrogens is 450 g/mol. The second kappa shape index (κ2) is 10.6. The highest BCUT2D eigenvalue weighted by Gasteiger charge is 2.21. The molecule has 0 spiro atoms. The Bertz CT molecular complexity index is 1160. The van der Waals surface area contributed by atoms with Crippen LogP contribution in [0.2, 0.25) is 5.02 Å². The molecule has 0 saturated carbocycles. The highest BCUT2D eigenvalue weighted by atomic mass is 35.5. The fourth-order valence-electron chi connectivity index (χ4n) is 3.88. The molecule has 2 aromatic carbocycles. The summed E-state index contributed by atoms with van der Waals surface area (Å²) in [6, 6.07) is 16.2. The van der Waals surface area contributed by atoms with Crippen molar-refractivity contribution in [2.24, 2.45) is 0 Å². The molecule has 1 saturated heterocycles. The summed E-state index contributed by atoms with van der Waals surface area (Å²) in [5, 5.41) is 6.28. The summed E-state index contributed by atoms with van der Waals surface area (Å²) in [5.41, 5.74) is 4.30. The van der Waals surface area contributed by atoms with Crippen LogP contribution in [0.1, 0.15) is 27.9 Å². The van der Waals surface area contributed by atoms with Crippen LogP contribution in [0.5, 0.6) is 0 Å². The van der Waals surface area contributed by atoms with Gasteiger partial charge in [-0.25, -0.2) is 9.78 Å². The number of hydrogen-bond donors (Lipinski definition) is 2. The lowest BCUT2D eigenvalue weighted by atomic mass is 10.1. The van der Waals surface area contributed by atoms with Crippen LogP contribution in [0, 0.1) is 13.8 Å². The van der Waals surface area contributed by atoms with E-state index in [1.54, 1.807) is 30.5 Å². The van der Waals surface area contributed by atoms with Crippen molar-refractivity contribution in [3.05, 3.63) is 82.5 Å². The predicted octanol–water partition coefficient (Wildman–Crippen LogP) is 5.35. The van der Waals surface area contributed by atoms with Gasteiger partial charge in [-0.05, 0) is 79.9 Å². The van der Waals surface area contributed by atoms with Crippen molar-refractivity contribution in [3.8, 4) is 0 Å². The van der Waals surface area contributed by atoms with Gasteiger partial charge in [-0.1, -0.05) is 17.7 Å². The van der Waals surface area contributed by atoms with E-state index in [2.05, 4.69) is 20.5 Å². The molecule has 4 rings (SSSR count). The average molecular weight is 478 g/mol. The first-order valence-corrected chi connectivity index (χ1v) is 11.7. The molecular formula is C26H28ClN5O2. The highest BCUT2D eigenvalue weighted by Crippen LogP contribution is 2.19. The number of halogens is 1. The van der Waals surface area contributed by atoms with Gasteiger partial charge in [0.2, 0.25) is 0 Å². The number of carbonyl (C=O) groups excluding carboxylic acids is 2. The second-order valence-electron chi connectivity index (χ2n) is 8.42. The molecule has 1 fully saturated rings. The summed E-state index contributed by atoms with van der Waals surface area (Å²) >= 11 is 5.94. The van der Waals surface area contributed by atoms with Crippen molar-refractivity contribution in [3.63, 3.8) is 0 Å². The monoisotopic (exact) mass is 477 g/mol. The lowest BCUT2D eigenvalue weighted by Gasteiger charge is -2.23. The zero-order valence-electron chi connectivity index (χ0n) is 19.3. The smallest absolute Gasteiger partial charge is 0.323 e. The standard InChI is InChI=1S/C26H28ClN5O2/c1-18-4-9-22(16-19(18)2)29-26(34)30-23-10-11-24(28-17-23)31-12-3-13-32(15-14-31)25(33)20-5-7-21(27)8-6-20/h4-11,16-17H,3,12-15H2,1-2H3,(H2,29,30,34). The molecule has 3 aromatic rings. The number of rotatable bonds is 4.